The van der Waals surface area contributed by atoms with Crippen LogP contribution in [-0.2, 0) is 6.42 Å². The molecule has 2 N–H and O–H groups in total. The lowest BCUT2D eigenvalue weighted by molar-refractivity contribution is 0.865. The van der Waals surface area contributed by atoms with Crippen molar-refractivity contribution in [1.29, 1.82) is 0 Å². The van der Waals surface area contributed by atoms with Gasteiger partial charge in [-0.25, -0.2) is 0 Å². The molecule has 3 heteroatoms. The number of hydrogen-bond donors (Lipinski definition) is 1. The van der Waals surface area contributed by atoms with Gasteiger partial charge in [-0.1, -0.05) is 31.2 Å². The molecule has 1 atom stereocenters. The molecule has 0 bridgehead atoms. The third kappa shape index (κ3) is 2.39. The maximum atomic E-state index is 6.33. The first-order chi connectivity index (χ1) is 9.28. The highest BCUT2D eigenvalue weighted by atomic mass is 32.1. The number of nitrogens with zero attached hydrogens (tertiary/aromatic N) is 1. The van der Waals surface area contributed by atoms with E-state index in [2.05, 4.69) is 47.6 Å². The number of aromatic nitrogens is 1. The van der Waals surface area contributed by atoms with Gasteiger partial charge in [-0.05, 0) is 40.6 Å². The van der Waals surface area contributed by atoms with Gasteiger partial charge in [0.15, 0.2) is 0 Å². The quantitative estimate of drug-likeness (QED) is 0.782. The van der Waals surface area contributed by atoms with Crippen LogP contribution in [0.4, 0.5) is 0 Å². The lowest BCUT2D eigenvalue weighted by Crippen LogP contribution is -2.12. The summed E-state index contributed by atoms with van der Waals surface area (Å²) in [5.74, 6) is 0. The van der Waals surface area contributed by atoms with Crippen LogP contribution in [0.15, 0.2) is 48.0 Å². The van der Waals surface area contributed by atoms with E-state index in [1.54, 1.807) is 11.3 Å². The number of pyridine rings is 1. The number of benzene rings is 1. The molecular weight excluding hydrogens is 252 g/mol. The lowest BCUT2D eigenvalue weighted by atomic mass is 9.99. The largest absolute Gasteiger partial charge is 0.320 e. The molecule has 19 heavy (non-hydrogen) atoms. The molecule has 0 aliphatic rings. The monoisotopic (exact) mass is 268 g/mol. The molecule has 3 rings (SSSR count). The minimum Gasteiger partial charge on any atom is -0.320 e. The summed E-state index contributed by atoms with van der Waals surface area (Å²) in [5.41, 5.74) is 10.9. The van der Waals surface area contributed by atoms with Crippen molar-refractivity contribution >= 4 is 21.6 Å². The van der Waals surface area contributed by atoms with Crippen molar-refractivity contribution in [2.24, 2.45) is 5.73 Å². The van der Waals surface area contributed by atoms with Crippen molar-refractivity contribution in [3.8, 4) is 0 Å². The molecule has 3 aromatic rings. The van der Waals surface area contributed by atoms with Gasteiger partial charge in [0.05, 0.1) is 16.3 Å². The molecule has 0 saturated carbocycles. The Morgan fingerprint density at radius 1 is 1.16 bits per heavy atom. The van der Waals surface area contributed by atoms with Gasteiger partial charge in [0.1, 0.15) is 0 Å². The summed E-state index contributed by atoms with van der Waals surface area (Å²) < 4.78 is 1.19. The fourth-order valence-electron chi connectivity index (χ4n) is 2.18. The van der Waals surface area contributed by atoms with Crippen molar-refractivity contribution in [2.75, 3.05) is 0 Å². The molecular formula is C16H16N2S. The summed E-state index contributed by atoms with van der Waals surface area (Å²) in [4.78, 5) is 4.45. The number of hydrogen-bond acceptors (Lipinski definition) is 3. The van der Waals surface area contributed by atoms with Crippen LogP contribution in [0.2, 0.25) is 0 Å². The number of nitrogens with two attached hydrogens (primary N) is 1. The molecule has 0 radical (unpaired) electrons. The second kappa shape index (κ2) is 5.11. The van der Waals surface area contributed by atoms with Crippen molar-refractivity contribution in [1.82, 2.24) is 4.98 Å². The minimum atomic E-state index is -0.107. The SMILES string of the molecule is CCc1ccc(C(N)c2cnc3ccsc3c2)cc1. The van der Waals surface area contributed by atoms with Gasteiger partial charge >= 0.3 is 0 Å². The van der Waals surface area contributed by atoms with E-state index in [1.807, 2.05) is 12.3 Å². The third-order valence-electron chi connectivity index (χ3n) is 3.43. The smallest absolute Gasteiger partial charge is 0.0809 e. The van der Waals surface area contributed by atoms with E-state index < -0.39 is 0 Å². The van der Waals surface area contributed by atoms with Gasteiger partial charge in [-0.15, -0.1) is 11.3 Å². The Labute approximate surface area is 116 Å². The Hall–Kier alpha value is -1.71. The molecule has 0 amide bonds. The number of fused-ring (bicyclic) bond motifs is 1. The van der Waals surface area contributed by atoms with E-state index >= 15 is 0 Å². The summed E-state index contributed by atoms with van der Waals surface area (Å²) in [6.07, 6.45) is 2.94. The van der Waals surface area contributed by atoms with Crippen LogP contribution < -0.4 is 5.73 Å². The Morgan fingerprint density at radius 3 is 2.68 bits per heavy atom. The molecule has 2 heterocycles. The first-order valence-electron chi connectivity index (χ1n) is 6.45. The summed E-state index contributed by atoms with van der Waals surface area (Å²) in [6.45, 7) is 2.16. The van der Waals surface area contributed by atoms with Crippen molar-refractivity contribution in [3.63, 3.8) is 0 Å². The molecule has 0 aliphatic heterocycles. The van der Waals surface area contributed by atoms with Crippen LogP contribution in [0.3, 0.4) is 0 Å². The Morgan fingerprint density at radius 2 is 1.95 bits per heavy atom. The number of thiophene rings is 1. The Kier molecular flexibility index (Phi) is 3.32. The maximum absolute atomic E-state index is 6.33. The highest BCUT2D eigenvalue weighted by Crippen LogP contribution is 2.25. The predicted octanol–water partition coefficient (Wildman–Crippen LogP) is 3.91. The Balaban J connectivity index is 1.94. The molecule has 0 spiro atoms. The number of rotatable bonds is 3. The molecule has 0 fully saturated rings. The van der Waals surface area contributed by atoms with E-state index in [0.29, 0.717) is 0 Å². The second-order valence-electron chi connectivity index (χ2n) is 4.65. The second-order valence-corrected chi connectivity index (χ2v) is 5.59. The van der Waals surface area contributed by atoms with Gasteiger partial charge in [-0.2, -0.15) is 0 Å². The summed E-state index contributed by atoms with van der Waals surface area (Å²) in [7, 11) is 0. The van der Waals surface area contributed by atoms with E-state index in [9.17, 15) is 0 Å². The highest BCUT2D eigenvalue weighted by Gasteiger charge is 2.10. The molecule has 96 valence electrons. The van der Waals surface area contributed by atoms with Crippen LogP contribution in [0, 0.1) is 0 Å². The van der Waals surface area contributed by atoms with Crippen LogP contribution in [0.1, 0.15) is 29.7 Å². The number of aryl methyl sites for hydroxylation is 1. The molecule has 2 aromatic heterocycles. The average molecular weight is 268 g/mol. The van der Waals surface area contributed by atoms with Crippen molar-refractivity contribution in [2.45, 2.75) is 19.4 Å². The predicted molar refractivity (Wildman–Crippen MR) is 81.5 cm³/mol. The van der Waals surface area contributed by atoms with Gasteiger partial charge in [0.2, 0.25) is 0 Å². The highest BCUT2D eigenvalue weighted by molar-refractivity contribution is 7.17. The first kappa shape index (κ1) is 12.3. The first-order valence-corrected chi connectivity index (χ1v) is 7.33. The normalized spacial score (nSPS) is 12.7. The fraction of sp³-hybridized carbons (Fsp3) is 0.188. The average Bonchev–Trinajstić information content (AvgIpc) is 2.94. The summed E-state index contributed by atoms with van der Waals surface area (Å²) in [5, 5.41) is 2.06. The van der Waals surface area contributed by atoms with Crippen LogP contribution in [0.25, 0.3) is 10.2 Å². The van der Waals surface area contributed by atoms with Gasteiger partial charge in [-0.3, -0.25) is 4.98 Å². The molecule has 1 aromatic carbocycles. The Bertz CT molecular complexity index is 685. The molecule has 0 saturated heterocycles. The van der Waals surface area contributed by atoms with E-state index in [4.69, 9.17) is 5.73 Å². The van der Waals surface area contributed by atoms with Gasteiger partial charge in [0, 0.05) is 6.20 Å². The van der Waals surface area contributed by atoms with Crippen LogP contribution in [0.5, 0.6) is 0 Å². The van der Waals surface area contributed by atoms with Gasteiger partial charge in [0.25, 0.3) is 0 Å². The topological polar surface area (TPSA) is 38.9 Å². The maximum Gasteiger partial charge on any atom is 0.0809 e. The third-order valence-corrected chi connectivity index (χ3v) is 4.28. The minimum absolute atomic E-state index is 0.107. The molecule has 2 nitrogen and oxygen atoms in total. The lowest BCUT2D eigenvalue weighted by Gasteiger charge is -2.12. The zero-order valence-electron chi connectivity index (χ0n) is 10.8. The zero-order valence-corrected chi connectivity index (χ0v) is 11.7. The van der Waals surface area contributed by atoms with Crippen molar-refractivity contribution in [3.05, 3.63) is 64.7 Å². The van der Waals surface area contributed by atoms with E-state index in [1.165, 1.54) is 10.3 Å². The van der Waals surface area contributed by atoms with E-state index in [0.717, 1.165) is 23.1 Å². The molecule has 0 aliphatic carbocycles. The van der Waals surface area contributed by atoms with Crippen LogP contribution >= 0.6 is 11.3 Å². The molecule has 1 unspecified atom stereocenters. The standard InChI is InChI=1S/C16H16N2S/c1-2-11-3-5-12(6-4-11)16(17)13-9-15-14(18-10-13)7-8-19-15/h3-10,16H,2,17H2,1H3. The van der Waals surface area contributed by atoms with Crippen molar-refractivity contribution < 1.29 is 0 Å². The fourth-order valence-corrected chi connectivity index (χ4v) is 2.97. The van der Waals surface area contributed by atoms with E-state index in [-0.39, 0.29) is 6.04 Å². The summed E-state index contributed by atoms with van der Waals surface area (Å²) in [6, 6.07) is 12.6. The van der Waals surface area contributed by atoms with Crippen LogP contribution in [-0.4, -0.2) is 4.98 Å². The zero-order chi connectivity index (χ0) is 13.2. The van der Waals surface area contributed by atoms with Gasteiger partial charge < -0.3 is 5.73 Å². The summed E-state index contributed by atoms with van der Waals surface area (Å²) >= 11 is 1.70.